The summed E-state index contributed by atoms with van der Waals surface area (Å²) in [6.45, 7) is 2.06. The van der Waals surface area contributed by atoms with E-state index in [-0.39, 0.29) is 0 Å². The van der Waals surface area contributed by atoms with Gasteiger partial charge in [-0.1, -0.05) is 25.7 Å². The Hall–Kier alpha value is -1.36. The molecule has 3 rings (SSSR count). The first-order valence-corrected chi connectivity index (χ1v) is 8.28. The van der Waals surface area contributed by atoms with E-state index in [2.05, 4.69) is 29.3 Å². The van der Waals surface area contributed by atoms with Crippen LogP contribution in [0.3, 0.4) is 0 Å². The van der Waals surface area contributed by atoms with Crippen molar-refractivity contribution in [1.82, 2.24) is 9.97 Å². The Labute approximate surface area is 127 Å². The normalized spacial score (nSPS) is 20.1. The Morgan fingerprint density at radius 2 is 1.71 bits per heavy atom. The molecule has 3 N–H and O–H groups in total. The van der Waals surface area contributed by atoms with E-state index in [1.54, 1.807) is 0 Å². The fourth-order valence-electron chi connectivity index (χ4n) is 3.35. The van der Waals surface area contributed by atoms with Gasteiger partial charge in [0.1, 0.15) is 17.5 Å². The van der Waals surface area contributed by atoms with Crippen molar-refractivity contribution in [2.75, 3.05) is 17.4 Å². The summed E-state index contributed by atoms with van der Waals surface area (Å²) in [4.78, 5) is 11.8. The van der Waals surface area contributed by atoms with E-state index in [4.69, 9.17) is 10.8 Å². The van der Waals surface area contributed by atoms with Gasteiger partial charge >= 0.3 is 0 Å². The molecule has 1 aromatic heterocycles. The number of hydrogen-bond acceptors (Lipinski definition) is 5. The highest BCUT2D eigenvalue weighted by molar-refractivity contribution is 5.58. The average molecular weight is 289 g/mol. The topological polar surface area (TPSA) is 67.1 Å². The summed E-state index contributed by atoms with van der Waals surface area (Å²) in [5.74, 6) is 9.00. The van der Waals surface area contributed by atoms with E-state index in [1.165, 1.54) is 51.4 Å². The van der Waals surface area contributed by atoms with Crippen molar-refractivity contribution >= 4 is 11.6 Å². The van der Waals surface area contributed by atoms with Crippen molar-refractivity contribution in [3.8, 4) is 0 Å². The Morgan fingerprint density at radius 3 is 2.29 bits per heavy atom. The minimum absolute atomic E-state index is 0.541. The second-order valence-corrected chi connectivity index (χ2v) is 6.55. The van der Waals surface area contributed by atoms with Crippen molar-refractivity contribution < 1.29 is 0 Å². The summed E-state index contributed by atoms with van der Waals surface area (Å²) in [5.41, 5.74) is 3.81. The molecule has 2 saturated carbocycles. The van der Waals surface area contributed by atoms with Crippen LogP contribution in [-0.4, -0.2) is 23.1 Å². The van der Waals surface area contributed by atoms with E-state index >= 15 is 0 Å². The SMILES string of the molecule is Cc1c(NN)nc(C2CC2)nc1N(C)C1CCCCCC1. The van der Waals surface area contributed by atoms with Crippen molar-refractivity contribution in [1.29, 1.82) is 0 Å². The van der Waals surface area contributed by atoms with Crippen LogP contribution in [0.1, 0.15) is 68.7 Å². The molecule has 0 bridgehead atoms. The molecule has 5 nitrogen and oxygen atoms in total. The maximum atomic E-state index is 5.65. The zero-order valence-corrected chi connectivity index (χ0v) is 13.2. The van der Waals surface area contributed by atoms with Gasteiger partial charge in [-0.3, -0.25) is 0 Å². The number of nitrogens with one attached hydrogen (secondary N) is 1. The van der Waals surface area contributed by atoms with Gasteiger partial charge in [0.25, 0.3) is 0 Å². The molecule has 0 amide bonds. The quantitative estimate of drug-likeness (QED) is 0.506. The lowest BCUT2D eigenvalue weighted by molar-refractivity contribution is 0.547. The highest BCUT2D eigenvalue weighted by atomic mass is 15.3. The van der Waals surface area contributed by atoms with Gasteiger partial charge < -0.3 is 10.3 Å². The zero-order chi connectivity index (χ0) is 14.8. The monoisotopic (exact) mass is 289 g/mol. The molecule has 0 aromatic carbocycles. The van der Waals surface area contributed by atoms with Crippen molar-refractivity contribution in [2.24, 2.45) is 5.84 Å². The smallest absolute Gasteiger partial charge is 0.148 e. The molecule has 2 fully saturated rings. The van der Waals surface area contributed by atoms with E-state index in [0.29, 0.717) is 12.0 Å². The maximum absolute atomic E-state index is 5.65. The lowest BCUT2D eigenvalue weighted by atomic mass is 10.1. The van der Waals surface area contributed by atoms with Gasteiger partial charge in [0.15, 0.2) is 0 Å². The molecule has 21 heavy (non-hydrogen) atoms. The van der Waals surface area contributed by atoms with Gasteiger partial charge in [-0.05, 0) is 32.6 Å². The van der Waals surface area contributed by atoms with Crippen molar-refractivity contribution in [2.45, 2.75) is 70.3 Å². The molecule has 5 heteroatoms. The second-order valence-electron chi connectivity index (χ2n) is 6.55. The lowest BCUT2D eigenvalue weighted by Gasteiger charge is -2.30. The van der Waals surface area contributed by atoms with Crippen molar-refractivity contribution in [3.63, 3.8) is 0 Å². The molecule has 0 spiro atoms. The van der Waals surface area contributed by atoms with Gasteiger partial charge in [-0.2, -0.15) is 0 Å². The summed E-state index contributed by atoms with van der Waals surface area (Å²) in [5, 5.41) is 0. The highest BCUT2D eigenvalue weighted by Gasteiger charge is 2.29. The summed E-state index contributed by atoms with van der Waals surface area (Å²) in [6, 6.07) is 0.596. The van der Waals surface area contributed by atoms with E-state index in [9.17, 15) is 0 Å². The predicted molar refractivity (Wildman–Crippen MR) is 86.4 cm³/mol. The minimum Gasteiger partial charge on any atom is -0.356 e. The third-order valence-electron chi connectivity index (χ3n) is 4.92. The van der Waals surface area contributed by atoms with Crippen LogP contribution in [-0.2, 0) is 0 Å². The molecule has 0 aliphatic heterocycles. The number of nitrogens with two attached hydrogens (primary N) is 1. The number of hydrogen-bond donors (Lipinski definition) is 2. The van der Waals surface area contributed by atoms with E-state index in [0.717, 1.165) is 23.0 Å². The Kier molecular flexibility index (Phi) is 4.29. The number of nitrogens with zero attached hydrogens (tertiary/aromatic N) is 3. The van der Waals surface area contributed by atoms with Gasteiger partial charge in [0.05, 0.1) is 0 Å². The summed E-state index contributed by atoms with van der Waals surface area (Å²) >= 11 is 0. The van der Waals surface area contributed by atoms with Crippen LogP contribution >= 0.6 is 0 Å². The molecule has 0 atom stereocenters. The van der Waals surface area contributed by atoms with Crippen LogP contribution in [0.15, 0.2) is 0 Å². The first-order valence-electron chi connectivity index (χ1n) is 8.28. The largest absolute Gasteiger partial charge is 0.356 e. The van der Waals surface area contributed by atoms with Gasteiger partial charge in [-0.15, -0.1) is 0 Å². The maximum Gasteiger partial charge on any atom is 0.148 e. The molecule has 0 radical (unpaired) electrons. The number of aromatic nitrogens is 2. The molecule has 0 saturated heterocycles. The molecule has 0 unspecified atom stereocenters. The third-order valence-corrected chi connectivity index (χ3v) is 4.92. The highest BCUT2D eigenvalue weighted by Crippen LogP contribution is 2.40. The average Bonchev–Trinajstić information content (AvgIpc) is 3.33. The number of rotatable bonds is 4. The minimum atomic E-state index is 0.541. The van der Waals surface area contributed by atoms with Crippen LogP contribution in [0.2, 0.25) is 0 Å². The fourth-order valence-corrected chi connectivity index (χ4v) is 3.35. The van der Waals surface area contributed by atoms with Crippen LogP contribution in [0, 0.1) is 6.92 Å². The van der Waals surface area contributed by atoms with Crippen molar-refractivity contribution in [3.05, 3.63) is 11.4 Å². The molecular weight excluding hydrogens is 262 g/mol. The summed E-state index contributed by atoms with van der Waals surface area (Å²) < 4.78 is 0. The molecule has 2 aliphatic rings. The first kappa shape index (κ1) is 14.6. The fraction of sp³-hybridized carbons (Fsp3) is 0.750. The standard InChI is InChI=1S/C16H27N5/c1-11-14(20-17)18-15(12-9-10-12)19-16(11)21(2)13-7-5-3-4-6-8-13/h12-13H,3-10,17H2,1-2H3,(H,18,19,20). The predicted octanol–water partition coefficient (Wildman–Crippen LogP) is 3.11. The van der Waals surface area contributed by atoms with Gasteiger partial charge in [-0.25, -0.2) is 15.8 Å². The molecular formula is C16H27N5. The van der Waals surface area contributed by atoms with Gasteiger partial charge in [0.2, 0.25) is 0 Å². The Bertz CT molecular complexity index is 490. The van der Waals surface area contributed by atoms with Crippen LogP contribution < -0.4 is 16.2 Å². The number of hydrazine groups is 1. The number of anilines is 2. The molecule has 2 aliphatic carbocycles. The lowest BCUT2D eigenvalue weighted by Crippen LogP contribution is -2.33. The summed E-state index contributed by atoms with van der Waals surface area (Å²) in [6.07, 6.45) is 10.4. The molecule has 1 aromatic rings. The van der Waals surface area contributed by atoms with Crippen LogP contribution in [0.25, 0.3) is 0 Å². The molecule has 1 heterocycles. The molecule has 116 valence electrons. The van der Waals surface area contributed by atoms with E-state index in [1.807, 2.05) is 0 Å². The number of nitrogen functional groups attached to an aromatic ring is 1. The van der Waals surface area contributed by atoms with Gasteiger partial charge in [0, 0.05) is 24.6 Å². The zero-order valence-electron chi connectivity index (χ0n) is 13.2. The van der Waals surface area contributed by atoms with E-state index < -0.39 is 0 Å². The Balaban J connectivity index is 1.89. The van der Waals surface area contributed by atoms with Crippen LogP contribution in [0.4, 0.5) is 11.6 Å². The van der Waals surface area contributed by atoms with Crippen LogP contribution in [0.5, 0.6) is 0 Å². The Morgan fingerprint density at radius 1 is 1.05 bits per heavy atom. The summed E-state index contributed by atoms with van der Waals surface area (Å²) in [7, 11) is 2.18. The first-order chi connectivity index (χ1) is 10.2. The third kappa shape index (κ3) is 3.12. The second kappa shape index (κ2) is 6.18.